The van der Waals surface area contributed by atoms with Crippen molar-refractivity contribution >= 4 is 34.2 Å². The highest BCUT2D eigenvalue weighted by Crippen LogP contribution is 2.27. The van der Waals surface area contributed by atoms with E-state index in [-0.39, 0.29) is 23.2 Å². The van der Waals surface area contributed by atoms with Crippen molar-refractivity contribution in [2.45, 2.75) is 26.8 Å². The van der Waals surface area contributed by atoms with E-state index in [0.717, 1.165) is 11.5 Å². The van der Waals surface area contributed by atoms with E-state index in [2.05, 4.69) is 15.0 Å². The van der Waals surface area contributed by atoms with E-state index in [9.17, 15) is 9.59 Å². The lowest BCUT2D eigenvalue weighted by molar-refractivity contribution is -0.131. The van der Waals surface area contributed by atoms with Crippen LogP contribution in [0.15, 0.2) is 0 Å². The van der Waals surface area contributed by atoms with Gasteiger partial charge in [-0.05, 0) is 32.3 Å². The fourth-order valence-electron chi connectivity index (χ4n) is 1.81. The summed E-state index contributed by atoms with van der Waals surface area (Å²) in [6, 6.07) is -0.446. The van der Waals surface area contributed by atoms with Gasteiger partial charge in [0.2, 0.25) is 5.91 Å². The van der Waals surface area contributed by atoms with Gasteiger partial charge in [0, 0.05) is 20.1 Å². The molecule has 0 aliphatic carbocycles. The Balaban J connectivity index is 2.88. The molecule has 4 N–H and O–H groups in total. The molecule has 0 aromatic carbocycles. The van der Waals surface area contributed by atoms with Crippen LogP contribution in [0, 0.1) is 0 Å². The summed E-state index contributed by atoms with van der Waals surface area (Å²) < 4.78 is 3.95. The molecule has 8 heteroatoms. The second-order valence-corrected chi connectivity index (χ2v) is 5.00. The summed E-state index contributed by atoms with van der Waals surface area (Å²) in [6.07, 6.45) is 0. The zero-order chi connectivity index (χ0) is 15.3. The highest BCUT2D eigenvalue weighted by Gasteiger charge is 2.23. The number of aromatic nitrogens is 1. The maximum absolute atomic E-state index is 12.2. The number of likely N-dealkylation sites (N-methyl/N-ethyl adjacent to an activating group) is 1. The van der Waals surface area contributed by atoms with Crippen LogP contribution in [-0.4, -0.2) is 47.3 Å². The summed E-state index contributed by atoms with van der Waals surface area (Å²) in [7, 11) is 1.52. The Hall–Kier alpha value is -1.83. The van der Waals surface area contributed by atoms with Crippen LogP contribution in [0.25, 0.3) is 0 Å². The highest BCUT2D eigenvalue weighted by atomic mass is 32.1. The van der Waals surface area contributed by atoms with Crippen LogP contribution in [0.5, 0.6) is 0 Å². The summed E-state index contributed by atoms with van der Waals surface area (Å²) in [5, 5.41) is 6.04. The molecule has 1 rings (SSSR count). The van der Waals surface area contributed by atoms with Crippen LogP contribution in [0.4, 0.5) is 10.8 Å². The highest BCUT2D eigenvalue weighted by molar-refractivity contribution is 7.11. The second-order valence-electron chi connectivity index (χ2n) is 4.23. The number of amides is 2. The molecule has 0 spiro atoms. The van der Waals surface area contributed by atoms with Crippen molar-refractivity contribution < 1.29 is 9.59 Å². The van der Waals surface area contributed by atoms with Crippen molar-refractivity contribution in [3.63, 3.8) is 0 Å². The third-order valence-corrected chi connectivity index (χ3v) is 3.76. The van der Waals surface area contributed by atoms with Crippen molar-refractivity contribution in [3.8, 4) is 0 Å². The number of anilines is 2. The van der Waals surface area contributed by atoms with Crippen molar-refractivity contribution in [3.05, 3.63) is 5.56 Å². The average molecular weight is 299 g/mol. The van der Waals surface area contributed by atoms with E-state index in [1.165, 1.54) is 7.05 Å². The molecule has 1 aromatic heterocycles. The van der Waals surface area contributed by atoms with Gasteiger partial charge in [-0.2, -0.15) is 4.37 Å². The second kappa shape index (κ2) is 7.09. The number of nitrogens with one attached hydrogen (secondary N) is 2. The number of hydrogen-bond acceptors (Lipinski definition) is 6. The van der Waals surface area contributed by atoms with Crippen molar-refractivity contribution in [2.75, 3.05) is 31.2 Å². The van der Waals surface area contributed by atoms with Gasteiger partial charge in [0.05, 0.1) is 0 Å². The Morgan fingerprint density at radius 1 is 1.40 bits per heavy atom. The van der Waals surface area contributed by atoms with Gasteiger partial charge in [-0.1, -0.05) is 0 Å². The lowest BCUT2D eigenvalue weighted by Gasteiger charge is -2.23. The van der Waals surface area contributed by atoms with Gasteiger partial charge in [0.15, 0.2) is 5.82 Å². The zero-order valence-electron chi connectivity index (χ0n) is 12.2. The van der Waals surface area contributed by atoms with Gasteiger partial charge < -0.3 is 21.3 Å². The predicted molar refractivity (Wildman–Crippen MR) is 80.9 cm³/mol. The molecule has 0 aliphatic heterocycles. The fraction of sp³-hybridized carbons (Fsp3) is 0.583. The third-order valence-electron chi connectivity index (χ3n) is 2.97. The Morgan fingerprint density at radius 2 is 2.00 bits per heavy atom. The Labute approximate surface area is 122 Å². The zero-order valence-corrected chi connectivity index (χ0v) is 13.0. The average Bonchev–Trinajstić information content (AvgIpc) is 2.80. The Morgan fingerprint density at radius 3 is 2.50 bits per heavy atom. The van der Waals surface area contributed by atoms with Crippen molar-refractivity contribution in [2.24, 2.45) is 0 Å². The molecule has 1 atom stereocenters. The van der Waals surface area contributed by atoms with Crippen LogP contribution < -0.4 is 16.4 Å². The predicted octanol–water partition coefficient (Wildman–Crippen LogP) is 0.754. The van der Waals surface area contributed by atoms with Crippen molar-refractivity contribution in [1.29, 1.82) is 0 Å². The molecule has 1 heterocycles. The molecule has 2 amide bonds. The monoisotopic (exact) mass is 299 g/mol. The molecule has 1 unspecified atom stereocenters. The summed E-state index contributed by atoms with van der Waals surface area (Å²) in [4.78, 5) is 25.7. The van der Waals surface area contributed by atoms with E-state index in [1.807, 2.05) is 13.8 Å². The lowest BCUT2D eigenvalue weighted by atomic mass is 10.2. The number of carbonyl (C=O) groups excluding carboxylic acids is 2. The first kappa shape index (κ1) is 16.2. The summed E-state index contributed by atoms with van der Waals surface area (Å²) in [5.74, 6) is -0.176. The number of nitrogens with two attached hydrogens (primary N) is 1. The number of carbonyl (C=O) groups is 2. The summed E-state index contributed by atoms with van der Waals surface area (Å²) in [6.45, 7) is 6.90. The topological polar surface area (TPSA) is 100 Å². The number of nitrogen functional groups attached to an aromatic ring is 1. The molecular weight excluding hydrogens is 278 g/mol. The van der Waals surface area contributed by atoms with Crippen LogP contribution in [0.1, 0.15) is 31.1 Å². The molecule has 0 bridgehead atoms. The fourth-order valence-corrected chi connectivity index (χ4v) is 2.61. The van der Waals surface area contributed by atoms with Gasteiger partial charge in [0.25, 0.3) is 5.91 Å². The van der Waals surface area contributed by atoms with Gasteiger partial charge in [0.1, 0.15) is 16.6 Å². The standard InChI is InChI=1S/C12H21N5O2S/c1-5-17(6-2)12(19)7(3)15-11-8(10(18)14-4)9(13)16-20-11/h7,15H,5-6H2,1-4H3,(H2,13,16)(H,14,18). The molecule has 0 fully saturated rings. The van der Waals surface area contributed by atoms with Crippen LogP contribution in [-0.2, 0) is 4.79 Å². The maximum atomic E-state index is 12.2. The first-order chi connectivity index (χ1) is 9.46. The van der Waals surface area contributed by atoms with E-state index in [4.69, 9.17) is 5.73 Å². The number of hydrogen-bond donors (Lipinski definition) is 3. The minimum Gasteiger partial charge on any atom is -0.382 e. The van der Waals surface area contributed by atoms with E-state index in [0.29, 0.717) is 18.1 Å². The normalized spacial score (nSPS) is 11.8. The van der Waals surface area contributed by atoms with E-state index in [1.54, 1.807) is 11.8 Å². The van der Waals surface area contributed by atoms with Gasteiger partial charge in [-0.25, -0.2) is 0 Å². The molecular formula is C12H21N5O2S. The molecule has 1 aromatic rings. The molecule has 0 radical (unpaired) electrons. The van der Waals surface area contributed by atoms with Gasteiger partial charge in [-0.15, -0.1) is 0 Å². The smallest absolute Gasteiger partial charge is 0.257 e. The molecule has 112 valence electrons. The quantitative estimate of drug-likeness (QED) is 0.720. The van der Waals surface area contributed by atoms with Gasteiger partial charge >= 0.3 is 0 Å². The molecule has 20 heavy (non-hydrogen) atoms. The van der Waals surface area contributed by atoms with Crippen LogP contribution in [0.3, 0.4) is 0 Å². The Bertz CT molecular complexity index is 484. The van der Waals surface area contributed by atoms with E-state index < -0.39 is 6.04 Å². The minimum atomic E-state index is -0.446. The maximum Gasteiger partial charge on any atom is 0.257 e. The number of rotatable bonds is 6. The SMILES string of the molecule is CCN(CC)C(=O)C(C)Nc1snc(N)c1C(=O)NC. The summed E-state index contributed by atoms with van der Waals surface area (Å²) >= 11 is 1.07. The van der Waals surface area contributed by atoms with E-state index >= 15 is 0 Å². The molecule has 0 saturated heterocycles. The van der Waals surface area contributed by atoms with Crippen molar-refractivity contribution in [1.82, 2.24) is 14.6 Å². The molecule has 0 saturated carbocycles. The van der Waals surface area contributed by atoms with Crippen LogP contribution in [0.2, 0.25) is 0 Å². The Kier molecular flexibility index (Phi) is 5.75. The molecule has 7 nitrogen and oxygen atoms in total. The largest absolute Gasteiger partial charge is 0.382 e. The first-order valence-electron chi connectivity index (χ1n) is 6.48. The number of nitrogens with zero attached hydrogens (tertiary/aromatic N) is 2. The molecule has 0 aliphatic rings. The third kappa shape index (κ3) is 3.38. The summed E-state index contributed by atoms with van der Waals surface area (Å²) in [5.41, 5.74) is 5.97. The van der Waals surface area contributed by atoms with Crippen LogP contribution >= 0.6 is 11.5 Å². The van der Waals surface area contributed by atoms with Gasteiger partial charge in [-0.3, -0.25) is 9.59 Å². The minimum absolute atomic E-state index is 0.0233. The lowest BCUT2D eigenvalue weighted by Crippen LogP contribution is -2.41. The first-order valence-corrected chi connectivity index (χ1v) is 7.26.